The summed E-state index contributed by atoms with van der Waals surface area (Å²) >= 11 is 0. The summed E-state index contributed by atoms with van der Waals surface area (Å²) in [5.74, 6) is 0. The van der Waals surface area contributed by atoms with E-state index in [1.54, 1.807) is 0 Å². The molecular weight excluding hydrogens is 224 g/mol. The molecule has 0 saturated carbocycles. The second-order valence-electron chi connectivity index (χ2n) is 6.15. The first-order chi connectivity index (χ1) is 8.49. The molecule has 0 atom stereocenters. The minimum atomic E-state index is 0.128. The van der Waals surface area contributed by atoms with Crippen LogP contribution in [0.25, 0.3) is 0 Å². The molecule has 1 heterocycles. The van der Waals surface area contributed by atoms with Gasteiger partial charge in [-0.1, -0.05) is 6.92 Å². The number of hydrogen-bond donors (Lipinski definition) is 1. The highest BCUT2D eigenvalue weighted by Gasteiger charge is 2.25. The number of rotatable bonds is 7. The second-order valence-corrected chi connectivity index (χ2v) is 6.15. The van der Waals surface area contributed by atoms with Crippen molar-refractivity contribution in [2.75, 3.05) is 59.4 Å². The minimum absolute atomic E-state index is 0.128. The Bertz CT molecular complexity index is 222. The van der Waals surface area contributed by atoms with Crippen molar-refractivity contribution in [2.24, 2.45) is 5.73 Å². The molecule has 4 nitrogen and oxygen atoms in total. The molecule has 108 valence electrons. The van der Waals surface area contributed by atoms with Crippen molar-refractivity contribution >= 4 is 0 Å². The van der Waals surface area contributed by atoms with Crippen LogP contribution >= 0.6 is 0 Å². The first kappa shape index (κ1) is 15.9. The molecule has 0 amide bonds. The Morgan fingerprint density at radius 2 is 1.72 bits per heavy atom. The van der Waals surface area contributed by atoms with Crippen molar-refractivity contribution < 1.29 is 0 Å². The molecule has 1 fully saturated rings. The molecule has 1 aliphatic heterocycles. The summed E-state index contributed by atoms with van der Waals surface area (Å²) in [6, 6.07) is 0. The Kier molecular flexibility index (Phi) is 6.57. The third kappa shape index (κ3) is 4.84. The van der Waals surface area contributed by atoms with Gasteiger partial charge in [0.2, 0.25) is 0 Å². The Labute approximate surface area is 113 Å². The lowest BCUT2D eigenvalue weighted by molar-refractivity contribution is 0.0892. The summed E-state index contributed by atoms with van der Waals surface area (Å²) in [5.41, 5.74) is 6.03. The van der Waals surface area contributed by atoms with Gasteiger partial charge in [-0.3, -0.25) is 9.80 Å². The lowest BCUT2D eigenvalue weighted by Crippen LogP contribution is -2.53. The van der Waals surface area contributed by atoms with Crippen LogP contribution in [0.5, 0.6) is 0 Å². The van der Waals surface area contributed by atoms with E-state index in [0.717, 1.165) is 19.6 Å². The van der Waals surface area contributed by atoms with Gasteiger partial charge in [-0.2, -0.15) is 0 Å². The number of hydrogen-bond acceptors (Lipinski definition) is 4. The number of nitrogens with two attached hydrogens (primary N) is 1. The molecule has 0 radical (unpaired) electrons. The van der Waals surface area contributed by atoms with Crippen LogP contribution in [0.2, 0.25) is 0 Å². The average Bonchev–Trinajstić information content (AvgIpc) is 2.36. The standard InChI is InChI=1S/C14H32N4/c1-5-6-18(14(2,3)13-15)12-11-17-9-7-16(4)8-10-17/h5-13,15H2,1-4H3. The van der Waals surface area contributed by atoms with Gasteiger partial charge in [-0.05, 0) is 33.9 Å². The SMILES string of the molecule is CCCN(CCN1CCN(C)CC1)C(C)(C)CN. The molecule has 0 aromatic rings. The quantitative estimate of drug-likeness (QED) is 0.727. The first-order valence-corrected chi connectivity index (χ1v) is 7.35. The highest BCUT2D eigenvalue weighted by atomic mass is 15.3. The van der Waals surface area contributed by atoms with Crippen LogP contribution in [0.4, 0.5) is 0 Å². The van der Waals surface area contributed by atoms with Crippen molar-refractivity contribution in [3.05, 3.63) is 0 Å². The maximum Gasteiger partial charge on any atom is 0.0275 e. The van der Waals surface area contributed by atoms with Gasteiger partial charge in [0.25, 0.3) is 0 Å². The first-order valence-electron chi connectivity index (χ1n) is 7.35. The predicted molar refractivity (Wildman–Crippen MR) is 78.9 cm³/mol. The van der Waals surface area contributed by atoms with Crippen LogP contribution in [0.1, 0.15) is 27.2 Å². The van der Waals surface area contributed by atoms with Gasteiger partial charge in [0.15, 0.2) is 0 Å². The van der Waals surface area contributed by atoms with Crippen molar-refractivity contribution in [1.29, 1.82) is 0 Å². The fraction of sp³-hybridized carbons (Fsp3) is 1.00. The summed E-state index contributed by atoms with van der Waals surface area (Å²) in [6.45, 7) is 15.8. The average molecular weight is 256 g/mol. The number of piperazine rings is 1. The van der Waals surface area contributed by atoms with Crippen LogP contribution in [0.3, 0.4) is 0 Å². The topological polar surface area (TPSA) is 35.7 Å². The van der Waals surface area contributed by atoms with Gasteiger partial charge in [0.05, 0.1) is 0 Å². The molecule has 1 aliphatic rings. The van der Waals surface area contributed by atoms with Gasteiger partial charge in [0.1, 0.15) is 0 Å². The van der Waals surface area contributed by atoms with E-state index in [0.29, 0.717) is 0 Å². The summed E-state index contributed by atoms with van der Waals surface area (Å²) < 4.78 is 0. The second kappa shape index (κ2) is 7.43. The summed E-state index contributed by atoms with van der Waals surface area (Å²) in [6.07, 6.45) is 1.20. The van der Waals surface area contributed by atoms with Crippen molar-refractivity contribution in [3.63, 3.8) is 0 Å². The minimum Gasteiger partial charge on any atom is -0.329 e. The number of nitrogens with zero attached hydrogens (tertiary/aromatic N) is 3. The van der Waals surface area contributed by atoms with E-state index in [1.165, 1.54) is 39.1 Å². The smallest absolute Gasteiger partial charge is 0.0275 e. The maximum absolute atomic E-state index is 5.90. The Hall–Kier alpha value is -0.160. The molecule has 0 bridgehead atoms. The fourth-order valence-electron chi connectivity index (χ4n) is 2.45. The third-order valence-corrected chi connectivity index (χ3v) is 4.13. The summed E-state index contributed by atoms with van der Waals surface area (Å²) in [5, 5.41) is 0. The molecule has 1 rings (SSSR count). The third-order valence-electron chi connectivity index (χ3n) is 4.13. The van der Waals surface area contributed by atoms with Crippen LogP contribution in [0.15, 0.2) is 0 Å². The van der Waals surface area contributed by atoms with Gasteiger partial charge < -0.3 is 10.6 Å². The molecule has 0 aliphatic carbocycles. The van der Waals surface area contributed by atoms with E-state index < -0.39 is 0 Å². The molecular formula is C14H32N4. The molecule has 0 unspecified atom stereocenters. The molecule has 0 spiro atoms. The highest BCUT2D eigenvalue weighted by Crippen LogP contribution is 2.13. The zero-order chi connectivity index (χ0) is 13.6. The van der Waals surface area contributed by atoms with Crippen LogP contribution < -0.4 is 5.73 Å². The van der Waals surface area contributed by atoms with E-state index in [2.05, 4.69) is 42.5 Å². The Morgan fingerprint density at radius 3 is 2.22 bits per heavy atom. The zero-order valence-corrected chi connectivity index (χ0v) is 12.8. The molecule has 2 N–H and O–H groups in total. The Morgan fingerprint density at radius 1 is 1.11 bits per heavy atom. The maximum atomic E-state index is 5.90. The van der Waals surface area contributed by atoms with E-state index in [4.69, 9.17) is 5.73 Å². The summed E-state index contributed by atoms with van der Waals surface area (Å²) in [4.78, 5) is 7.53. The van der Waals surface area contributed by atoms with Crippen molar-refractivity contribution in [2.45, 2.75) is 32.7 Å². The normalized spacial score (nSPS) is 19.7. The fourth-order valence-corrected chi connectivity index (χ4v) is 2.45. The van der Waals surface area contributed by atoms with Crippen LogP contribution in [0, 0.1) is 0 Å². The zero-order valence-electron chi connectivity index (χ0n) is 12.8. The monoisotopic (exact) mass is 256 g/mol. The molecule has 18 heavy (non-hydrogen) atoms. The summed E-state index contributed by atoms with van der Waals surface area (Å²) in [7, 11) is 2.21. The lowest BCUT2D eigenvalue weighted by Gasteiger charge is -2.40. The van der Waals surface area contributed by atoms with Gasteiger partial charge in [0, 0.05) is 51.4 Å². The van der Waals surface area contributed by atoms with Gasteiger partial charge >= 0.3 is 0 Å². The van der Waals surface area contributed by atoms with E-state index in [9.17, 15) is 0 Å². The molecule has 0 aromatic carbocycles. The molecule has 1 saturated heterocycles. The van der Waals surface area contributed by atoms with Crippen molar-refractivity contribution in [3.8, 4) is 0 Å². The van der Waals surface area contributed by atoms with E-state index >= 15 is 0 Å². The van der Waals surface area contributed by atoms with Crippen LogP contribution in [-0.2, 0) is 0 Å². The van der Waals surface area contributed by atoms with Gasteiger partial charge in [-0.15, -0.1) is 0 Å². The van der Waals surface area contributed by atoms with Crippen LogP contribution in [-0.4, -0.2) is 79.6 Å². The van der Waals surface area contributed by atoms with Crippen molar-refractivity contribution in [1.82, 2.24) is 14.7 Å². The predicted octanol–water partition coefficient (Wildman–Crippen LogP) is 0.683. The Balaban J connectivity index is 2.37. The molecule has 0 aromatic heterocycles. The highest BCUT2D eigenvalue weighted by molar-refractivity contribution is 4.83. The molecule has 4 heteroatoms. The largest absolute Gasteiger partial charge is 0.329 e. The van der Waals surface area contributed by atoms with E-state index in [-0.39, 0.29) is 5.54 Å². The van der Waals surface area contributed by atoms with E-state index in [1.807, 2.05) is 0 Å². The van der Waals surface area contributed by atoms with Gasteiger partial charge in [-0.25, -0.2) is 0 Å². The lowest BCUT2D eigenvalue weighted by atomic mass is 10.0. The number of likely N-dealkylation sites (N-methyl/N-ethyl adjacent to an activating group) is 1.